The van der Waals surface area contributed by atoms with E-state index in [-0.39, 0.29) is 0 Å². The van der Waals surface area contributed by atoms with E-state index in [0.717, 1.165) is 23.4 Å². The SMILES string of the molecule is FC(F)(F)c1ccc(CSCc2ccccc2)cc1. The molecule has 0 nitrogen and oxygen atoms in total. The molecule has 2 aromatic carbocycles. The average molecular weight is 282 g/mol. The van der Waals surface area contributed by atoms with Gasteiger partial charge in [0.05, 0.1) is 5.56 Å². The molecule has 0 amide bonds. The zero-order chi connectivity index (χ0) is 13.7. The molecule has 0 aromatic heterocycles. The van der Waals surface area contributed by atoms with Crippen molar-refractivity contribution in [2.45, 2.75) is 17.7 Å². The molecule has 0 N–H and O–H groups in total. The van der Waals surface area contributed by atoms with Crippen molar-refractivity contribution in [1.29, 1.82) is 0 Å². The Morgan fingerprint density at radius 3 is 1.79 bits per heavy atom. The van der Waals surface area contributed by atoms with E-state index in [1.807, 2.05) is 30.3 Å². The van der Waals surface area contributed by atoms with E-state index in [1.54, 1.807) is 23.9 Å². The molecule has 0 heterocycles. The zero-order valence-electron chi connectivity index (χ0n) is 10.2. The van der Waals surface area contributed by atoms with Gasteiger partial charge in [0, 0.05) is 11.5 Å². The quantitative estimate of drug-likeness (QED) is 0.748. The summed E-state index contributed by atoms with van der Waals surface area (Å²) in [5.41, 5.74) is 1.54. The van der Waals surface area contributed by atoms with Gasteiger partial charge in [-0.3, -0.25) is 0 Å². The summed E-state index contributed by atoms with van der Waals surface area (Å²) < 4.78 is 37.2. The maximum atomic E-state index is 12.4. The third kappa shape index (κ3) is 4.31. The summed E-state index contributed by atoms with van der Waals surface area (Å²) in [6.07, 6.45) is -4.25. The molecule has 0 aliphatic rings. The molecule has 0 spiro atoms. The van der Waals surface area contributed by atoms with Crippen LogP contribution in [0.15, 0.2) is 54.6 Å². The van der Waals surface area contributed by atoms with E-state index < -0.39 is 11.7 Å². The van der Waals surface area contributed by atoms with Gasteiger partial charge in [-0.15, -0.1) is 0 Å². The Hall–Kier alpha value is -1.42. The minimum Gasteiger partial charge on any atom is -0.166 e. The molecule has 100 valence electrons. The van der Waals surface area contributed by atoms with Gasteiger partial charge in [0.25, 0.3) is 0 Å². The molecule has 19 heavy (non-hydrogen) atoms. The third-order valence-corrected chi connectivity index (χ3v) is 3.74. The van der Waals surface area contributed by atoms with Crippen molar-refractivity contribution in [3.05, 3.63) is 71.3 Å². The fourth-order valence-corrected chi connectivity index (χ4v) is 2.61. The summed E-state index contributed by atoms with van der Waals surface area (Å²) in [5.74, 6) is 1.58. The Balaban J connectivity index is 1.87. The highest BCUT2D eigenvalue weighted by atomic mass is 32.2. The highest BCUT2D eigenvalue weighted by Gasteiger charge is 2.29. The minimum atomic E-state index is -4.25. The predicted octanol–water partition coefficient (Wildman–Crippen LogP) is 5.14. The van der Waals surface area contributed by atoms with Gasteiger partial charge in [-0.25, -0.2) is 0 Å². The molecule has 0 saturated heterocycles. The summed E-state index contributed by atoms with van der Waals surface area (Å²) in [6.45, 7) is 0. The van der Waals surface area contributed by atoms with Gasteiger partial charge in [0.1, 0.15) is 0 Å². The maximum Gasteiger partial charge on any atom is 0.416 e. The molecule has 0 bridgehead atoms. The lowest BCUT2D eigenvalue weighted by molar-refractivity contribution is -0.137. The van der Waals surface area contributed by atoms with Gasteiger partial charge in [-0.2, -0.15) is 24.9 Å². The normalized spacial score (nSPS) is 11.5. The molecular weight excluding hydrogens is 269 g/mol. The molecule has 0 unspecified atom stereocenters. The molecule has 2 rings (SSSR count). The minimum absolute atomic E-state index is 0.593. The summed E-state index contributed by atoms with van der Waals surface area (Å²) in [7, 11) is 0. The van der Waals surface area contributed by atoms with Gasteiger partial charge >= 0.3 is 6.18 Å². The van der Waals surface area contributed by atoms with Crippen molar-refractivity contribution in [1.82, 2.24) is 0 Å². The second-order valence-electron chi connectivity index (χ2n) is 4.17. The van der Waals surface area contributed by atoms with Crippen molar-refractivity contribution in [2.24, 2.45) is 0 Å². The molecule has 0 saturated carbocycles. The fraction of sp³-hybridized carbons (Fsp3) is 0.200. The topological polar surface area (TPSA) is 0 Å². The first kappa shape index (κ1) is 14.0. The average Bonchev–Trinajstić information content (AvgIpc) is 2.39. The van der Waals surface area contributed by atoms with Crippen LogP contribution in [-0.4, -0.2) is 0 Å². The molecule has 0 aliphatic carbocycles. The van der Waals surface area contributed by atoms with Crippen LogP contribution in [0.2, 0.25) is 0 Å². The van der Waals surface area contributed by atoms with E-state index in [4.69, 9.17) is 0 Å². The lowest BCUT2D eigenvalue weighted by atomic mass is 10.1. The van der Waals surface area contributed by atoms with Crippen LogP contribution in [0, 0.1) is 0 Å². The van der Waals surface area contributed by atoms with Gasteiger partial charge in [-0.05, 0) is 23.3 Å². The van der Waals surface area contributed by atoms with Crippen LogP contribution in [0.1, 0.15) is 16.7 Å². The second kappa shape index (κ2) is 6.15. The number of thioether (sulfide) groups is 1. The van der Waals surface area contributed by atoms with Gasteiger partial charge in [0.2, 0.25) is 0 Å². The van der Waals surface area contributed by atoms with E-state index in [2.05, 4.69) is 0 Å². The molecule has 2 aromatic rings. The Labute approximate surface area is 114 Å². The lowest BCUT2D eigenvalue weighted by Crippen LogP contribution is -2.04. The van der Waals surface area contributed by atoms with Crippen LogP contribution in [0.3, 0.4) is 0 Å². The Morgan fingerprint density at radius 1 is 0.737 bits per heavy atom. The van der Waals surface area contributed by atoms with Crippen molar-refractivity contribution in [2.75, 3.05) is 0 Å². The van der Waals surface area contributed by atoms with E-state index in [0.29, 0.717) is 5.75 Å². The summed E-state index contributed by atoms with van der Waals surface area (Å²) in [6, 6.07) is 15.4. The van der Waals surface area contributed by atoms with Crippen LogP contribution in [0.4, 0.5) is 13.2 Å². The summed E-state index contributed by atoms with van der Waals surface area (Å²) in [5, 5.41) is 0. The third-order valence-electron chi connectivity index (χ3n) is 2.66. The zero-order valence-corrected chi connectivity index (χ0v) is 11.0. The Morgan fingerprint density at radius 2 is 1.26 bits per heavy atom. The number of halogens is 3. The second-order valence-corrected chi connectivity index (χ2v) is 5.16. The van der Waals surface area contributed by atoms with Crippen molar-refractivity contribution < 1.29 is 13.2 Å². The number of rotatable bonds is 4. The maximum absolute atomic E-state index is 12.4. The predicted molar refractivity (Wildman–Crippen MR) is 72.9 cm³/mol. The van der Waals surface area contributed by atoms with E-state index >= 15 is 0 Å². The standard InChI is InChI=1S/C15H13F3S/c16-15(17,18)14-8-6-13(7-9-14)11-19-10-12-4-2-1-3-5-12/h1-9H,10-11H2. The Bertz CT molecular complexity index is 503. The molecular formula is C15H13F3S. The van der Waals surface area contributed by atoms with E-state index in [9.17, 15) is 13.2 Å². The smallest absolute Gasteiger partial charge is 0.166 e. The van der Waals surface area contributed by atoms with Crippen LogP contribution in [0.25, 0.3) is 0 Å². The molecule has 0 radical (unpaired) electrons. The van der Waals surface area contributed by atoms with Gasteiger partial charge in [-0.1, -0.05) is 42.5 Å². The highest BCUT2D eigenvalue weighted by molar-refractivity contribution is 7.97. The monoisotopic (exact) mass is 282 g/mol. The number of alkyl halides is 3. The van der Waals surface area contributed by atoms with Crippen LogP contribution >= 0.6 is 11.8 Å². The fourth-order valence-electron chi connectivity index (χ4n) is 1.65. The molecule has 0 fully saturated rings. The number of hydrogen-bond donors (Lipinski definition) is 0. The highest BCUT2D eigenvalue weighted by Crippen LogP contribution is 2.29. The largest absolute Gasteiger partial charge is 0.416 e. The van der Waals surface area contributed by atoms with Crippen molar-refractivity contribution in [3.8, 4) is 0 Å². The van der Waals surface area contributed by atoms with Crippen LogP contribution in [-0.2, 0) is 17.7 Å². The van der Waals surface area contributed by atoms with E-state index in [1.165, 1.54) is 5.56 Å². The van der Waals surface area contributed by atoms with Crippen molar-refractivity contribution in [3.63, 3.8) is 0 Å². The lowest BCUT2D eigenvalue weighted by Gasteiger charge is -2.07. The van der Waals surface area contributed by atoms with Gasteiger partial charge in [0.15, 0.2) is 0 Å². The summed E-state index contributed by atoms with van der Waals surface area (Å²) in [4.78, 5) is 0. The molecule has 0 aliphatic heterocycles. The number of hydrogen-bond acceptors (Lipinski definition) is 1. The Kier molecular flexibility index (Phi) is 4.53. The molecule has 0 atom stereocenters. The van der Waals surface area contributed by atoms with Gasteiger partial charge < -0.3 is 0 Å². The van der Waals surface area contributed by atoms with Crippen molar-refractivity contribution >= 4 is 11.8 Å². The molecule has 4 heteroatoms. The number of benzene rings is 2. The summed E-state index contributed by atoms with van der Waals surface area (Å²) >= 11 is 1.69. The first-order valence-electron chi connectivity index (χ1n) is 5.83. The van der Waals surface area contributed by atoms with Crippen LogP contribution in [0.5, 0.6) is 0 Å². The first-order valence-corrected chi connectivity index (χ1v) is 6.99. The first-order chi connectivity index (χ1) is 9.05. The van der Waals surface area contributed by atoms with Crippen LogP contribution < -0.4 is 0 Å².